The number of sulfonamides is 1. The smallest absolute Gasteiger partial charge is 0.277 e. The van der Waals surface area contributed by atoms with Crippen LogP contribution in [0.2, 0.25) is 5.02 Å². The maximum Gasteiger partial charge on any atom is 0.277 e. The zero-order valence-electron chi connectivity index (χ0n) is 20.1. The normalized spacial score (nSPS) is 13.1. The summed E-state index contributed by atoms with van der Waals surface area (Å²) >= 11 is 6.29. The monoisotopic (exact) mass is 552 g/mol. The summed E-state index contributed by atoms with van der Waals surface area (Å²) in [7, 11) is -2.13. The number of hydrogen-bond acceptors (Lipinski definition) is 6. The molecule has 37 heavy (non-hydrogen) atoms. The molecule has 0 spiro atoms. The van der Waals surface area contributed by atoms with E-state index in [1.54, 1.807) is 26.1 Å². The van der Waals surface area contributed by atoms with Crippen LogP contribution in [0.15, 0.2) is 47.3 Å². The van der Waals surface area contributed by atoms with Gasteiger partial charge in [0.05, 0.1) is 29.9 Å². The summed E-state index contributed by atoms with van der Waals surface area (Å²) in [5.41, 5.74) is 0.762. The molecule has 1 N–H and O–H groups in total. The standard InChI is InChI=1S/C24H23ClF2N4O5S/c1-14-8-21(36-12-15-4-5-16(26)9-18(15)27)23(25)24(33)31(14)17-6-7-19-20(10-17)30(37(3,34)35)13-29(19)22(32)11-28-2/h4-10,28H,11-13H2,1-3H3. The molecule has 1 aromatic heterocycles. The van der Waals surface area contributed by atoms with E-state index < -0.39 is 27.2 Å². The Labute approximate surface area is 216 Å². The molecule has 2 heterocycles. The van der Waals surface area contributed by atoms with Crippen molar-refractivity contribution in [3.63, 3.8) is 0 Å². The van der Waals surface area contributed by atoms with Gasteiger partial charge < -0.3 is 10.1 Å². The van der Waals surface area contributed by atoms with E-state index in [9.17, 15) is 26.8 Å². The van der Waals surface area contributed by atoms with Gasteiger partial charge in [-0.25, -0.2) is 21.5 Å². The molecule has 1 aliphatic rings. The van der Waals surface area contributed by atoms with Crippen molar-refractivity contribution < 1.29 is 26.7 Å². The van der Waals surface area contributed by atoms with Crippen molar-refractivity contribution in [2.45, 2.75) is 13.5 Å². The minimum Gasteiger partial charge on any atom is -0.487 e. The number of pyridine rings is 1. The zero-order valence-corrected chi connectivity index (χ0v) is 21.7. The summed E-state index contributed by atoms with van der Waals surface area (Å²) in [4.78, 5) is 27.1. The van der Waals surface area contributed by atoms with E-state index in [1.165, 1.54) is 27.7 Å². The number of benzene rings is 2. The van der Waals surface area contributed by atoms with Crippen LogP contribution in [-0.2, 0) is 21.4 Å². The Hall–Kier alpha value is -3.48. The molecule has 13 heteroatoms. The topological polar surface area (TPSA) is 101 Å². The summed E-state index contributed by atoms with van der Waals surface area (Å²) in [6, 6.07) is 9.15. The Morgan fingerprint density at radius 1 is 1.14 bits per heavy atom. The van der Waals surface area contributed by atoms with Gasteiger partial charge in [0, 0.05) is 23.4 Å². The highest BCUT2D eigenvalue weighted by Crippen LogP contribution is 2.39. The number of anilines is 2. The van der Waals surface area contributed by atoms with E-state index in [0.29, 0.717) is 17.1 Å². The lowest BCUT2D eigenvalue weighted by Gasteiger charge is -2.18. The first-order chi connectivity index (χ1) is 17.4. The number of aryl methyl sites for hydroxylation is 1. The minimum absolute atomic E-state index is 0.00639. The Balaban J connectivity index is 1.72. The molecule has 1 amide bonds. The number of fused-ring (bicyclic) bond motifs is 1. The molecule has 0 saturated heterocycles. The Morgan fingerprint density at radius 3 is 2.51 bits per heavy atom. The van der Waals surface area contributed by atoms with Crippen molar-refractivity contribution in [2.24, 2.45) is 0 Å². The second kappa shape index (κ2) is 10.1. The van der Waals surface area contributed by atoms with Crippen molar-refractivity contribution >= 4 is 38.9 Å². The molecule has 196 valence electrons. The SMILES string of the molecule is CNCC(=O)N1CN(S(C)(=O)=O)c2cc(-n3c(C)cc(OCc4ccc(F)cc4F)c(Cl)c3=O)ccc21. The molecular formula is C24H23ClF2N4O5S. The number of nitrogens with zero attached hydrogens (tertiary/aromatic N) is 3. The Morgan fingerprint density at radius 2 is 1.86 bits per heavy atom. The van der Waals surface area contributed by atoms with Crippen LogP contribution in [0.1, 0.15) is 11.3 Å². The Kier molecular flexibility index (Phi) is 7.27. The first kappa shape index (κ1) is 26.6. The number of carbonyl (C=O) groups is 1. The fraction of sp³-hybridized carbons (Fsp3) is 0.250. The average molecular weight is 553 g/mol. The number of halogens is 3. The van der Waals surface area contributed by atoms with Gasteiger partial charge in [-0.15, -0.1) is 0 Å². The van der Waals surface area contributed by atoms with Gasteiger partial charge in [-0.05, 0) is 44.3 Å². The van der Waals surface area contributed by atoms with Crippen molar-refractivity contribution in [3.8, 4) is 11.4 Å². The third-order valence-electron chi connectivity index (χ3n) is 5.77. The molecule has 1 aliphatic heterocycles. The first-order valence-electron chi connectivity index (χ1n) is 11.0. The molecule has 0 aliphatic carbocycles. The lowest BCUT2D eigenvalue weighted by molar-refractivity contribution is -0.117. The Bertz CT molecular complexity index is 1560. The molecule has 0 unspecified atom stereocenters. The predicted octanol–water partition coefficient (Wildman–Crippen LogP) is 2.95. The third kappa shape index (κ3) is 5.17. The minimum atomic E-state index is -3.74. The quantitative estimate of drug-likeness (QED) is 0.484. The molecule has 0 radical (unpaired) electrons. The third-order valence-corrected chi connectivity index (χ3v) is 7.23. The van der Waals surface area contributed by atoms with E-state index >= 15 is 0 Å². The van der Waals surface area contributed by atoms with Crippen molar-refractivity contribution in [2.75, 3.05) is 35.7 Å². The van der Waals surface area contributed by atoms with Crippen molar-refractivity contribution in [3.05, 3.63) is 80.7 Å². The number of rotatable bonds is 7. The van der Waals surface area contributed by atoms with E-state index in [2.05, 4.69) is 5.32 Å². The highest BCUT2D eigenvalue weighted by Gasteiger charge is 2.35. The van der Waals surface area contributed by atoms with Gasteiger partial charge >= 0.3 is 0 Å². The van der Waals surface area contributed by atoms with Gasteiger partial charge in [-0.3, -0.25) is 19.1 Å². The van der Waals surface area contributed by atoms with Crippen LogP contribution in [-0.4, -0.2) is 45.4 Å². The van der Waals surface area contributed by atoms with E-state index in [-0.39, 0.29) is 47.8 Å². The van der Waals surface area contributed by atoms with Gasteiger partial charge in [-0.2, -0.15) is 0 Å². The molecule has 2 aromatic carbocycles. The van der Waals surface area contributed by atoms with E-state index in [4.69, 9.17) is 16.3 Å². The van der Waals surface area contributed by atoms with Gasteiger partial charge in [0.1, 0.15) is 35.7 Å². The fourth-order valence-corrected chi connectivity index (χ4v) is 5.03. The van der Waals surface area contributed by atoms with E-state index in [1.807, 2.05) is 0 Å². The summed E-state index contributed by atoms with van der Waals surface area (Å²) in [6.45, 7) is 1.15. The summed E-state index contributed by atoms with van der Waals surface area (Å²) in [5.74, 6) is -1.84. The maximum atomic E-state index is 13.9. The van der Waals surface area contributed by atoms with Gasteiger partial charge in [0.2, 0.25) is 15.9 Å². The van der Waals surface area contributed by atoms with Crippen LogP contribution >= 0.6 is 11.6 Å². The van der Waals surface area contributed by atoms with Crippen LogP contribution in [0.3, 0.4) is 0 Å². The van der Waals surface area contributed by atoms with Gasteiger partial charge in [0.25, 0.3) is 5.56 Å². The second-order valence-corrected chi connectivity index (χ2v) is 10.7. The molecule has 0 atom stereocenters. The summed E-state index contributed by atoms with van der Waals surface area (Å²) in [6.07, 6.45) is 1.03. The van der Waals surface area contributed by atoms with Crippen molar-refractivity contribution in [1.82, 2.24) is 9.88 Å². The van der Waals surface area contributed by atoms with Gasteiger partial charge in [0.15, 0.2) is 0 Å². The molecular weight excluding hydrogens is 530 g/mol. The van der Waals surface area contributed by atoms with Crippen LogP contribution in [0, 0.1) is 18.6 Å². The molecule has 9 nitrogen and oxygen atoms in total. The predicted molar refractivity (Wildman–Crippen MR) is 136 cm³/mol. The van der Waals surface area contributed by atoms with Crippen LogP contribution in [0.25, 0.3) is 5.69 Å². The lowest BCUT2D eigenvalue weighted by atomic mass is 10.2. The van der Waals surface area contributed by atoms with Crippen LogP contribution < -0.4 is 24.8 Å². The number of nitrogens with one attached hydrogen (secondary N) is 1. The molecule has 0 bridgehead atoms. The summed E-state index contributed by atoms with van der Waals surface area (Å²) in [5, 5.41) is 2.47. The fourth-order valence-electron chi connectivity index (χ4n) is 4.00. The number of ether oxygens (including phenoxy) is 1. The molecule has 4 rings (SSSR count). The largest absolute Gasteiger partial charge is 0.487 e. The number of hydrogen-bond donors (Lipinski definition) is 1. The highest BCUT2D eigenvalue weighted by molar-refractivity contribution is 7.92. The van der Waals surface area contributed by atoms with Crippen molar-refractivity contribution in [1.29, 1.82) is 0 Å². The number of likely N-dealkylation sites (N-methyl/N-ethyl adjacent to an activating group) is 1. The molecule has 0 fully saturated rings. The maximum absolute atomic E-state index is 13.9. The molecule has 0 saturated carbocycles. The van der Waals surface area contributed by atoms with E-state index in [0.717, 1.165) is 22.7 Å². The molecule has 3 aromatic rings. The number of amides is 1. The van der Waals surface area contributed by atoms with Crippen LogP contribution in [0.4, 0.5) is 20.2 Å². The second-order valence-electron chi connectivity index (χ2n) is 8.41. The number of aromatic nitrogens is 1. The lowest BCUT2D eigenvalue weighted by Crippen LogP contribution is -2.41. The number of carbonyl (C=O) groups excluding carboxylic acids is 1. The first-order valence-corrected chi connectivity index (χ1v) is 13.2. The average Bonchev–Trinajstić information content (AvgIpc) is 3.21. The summed E-state index contributed by atoms with van der Waals surface area (Å²) < 4.78 is 59.9. The highest BCUT2D eigenvalue weighted by atomic mass is 35.5. The van der Waals surface area contributed by atoms with Crippen LogP contribution in [0.5, 0.6) is 5.75 Å². The van der Waals surface area contributed by atoms with Gasteiger partial charge in [-0.1, -0.05) is 11.6 Å². The zero-order chi connectivity index (χ0) is 27.1.